The lowest BCUT2D eigenvalue weighted by atomic mass is 10.1. The third-order valence-corrected chi connectivity index (χ3v) is 10.8. The molecule has 0 saturated heterocycles. The summed E-state index contributed by atoms with van der Waals surface area (Å²) >= 11 is 0. The summed E-state index contributed by atoms with van der Waals surface area (Å²) in [6.07, 6.45) is 6.96. The molecule has 0 unspecified atom stereocenters. The maximum absolute atomic E-state index is 13.4. The van der Waals surface area contributed by atoms with E-state index in [-0.39, 0.29) is 5.97 Å². The first-order valence-electron chi connectivity index (χ1n) is 11.7. The number of rotatable bonds is 12. The highest BCUT2D eigenvalue weighted by Crippen LogP contribution is 2.18. The fraction of sp³-hybridized carbons (Fsp3) is 0.276. The van der Waals surface area contributed by atoms with Crippen LogP contribution in [0.3, 0.4) is 0 Å². The fourth-order valence-corrected chi connectivity index (χ4v) is 8.88. The smallest absolute Gasteiger partial charge is 0.330 e. The van der Waals surface area contributed by atoms with E-state index in [0.29, 0.717) is 11.8 Å². The van der Waals surface area contributed by atoms with Crippen molar-refractivity contribution in [1.82, 2.24) is 0 Å². The molecule has 3 aromatic carbocycles. The normalized spacial score (nSPS) is 11.2. The van der Waals surface area contributed by atoms with Gasteiger partial charge in [-0.2, -0.15) is 0 Å². The van der Waals surface area contributed by atoms with Gasteiger partial charge in [-0.3, -0.25) is 0 Å². The highest BCUT2D eigenvalue weighted by Gasteiger charge is 2.45. The van der Waals surface area contributed by atoms with Gasteiger partial charge in [0.25, 0.3) is 0 Å². The number of esters is 1. The molecule has 32 heavy (non-hydrogen) atoms. The third-order valence-electron chi connectivity index (χ3n) is 6.05. The van der Waals surface area contributed by atoms with E-state index >= 15 is 0 Å². The summed E-state index contributed by atoms with van der Waals surface area (Å²) in [7, 11) is -2.85. The van der Waals surface area contributed by atoms with Crippen molar-refractivity contribution in [2.24, 2.45) is 0 Å². The molecule has 0 saturated carbocycles. The van der Waals surface area contributed by atoms with E-state index in [1.807, 2.05) is 54.6 Å². The van der Waals surface area contributed by atoms with Gasteiger partial charge in [-0.25, -0.2) is 4.79 Å². The second-order valence-electron chi connectivity index (χ2n) is 8.23. The van der Waals surface area contributed by atoms with E-state index in [9.17, 15) is 4.79 Å². The highest BCUT2D eigenvalue weighted by atomic mass is 28.3. The molecule has 0 aliphatic carbocycles. The van der Waals surface area contributed by atoms with Gasteiger partial charge >= 0.3 is 5.97 Å². The van der Waals surface area contributed by atoms with Gasteiger partial charge in [0.15, 0.2) is 8.07 Å². The molecule has 3 heteroatoms. The topological polar surface area (TPSA) is 26.3 Å². The molecule has 0 fully saturated rings. The number of hydrogen-bond donors (Lipinski definition) is 0. The second kappa shape index (κ2) is 12.2. The molecule has 0 bridgehead atoms. The first kappa shape index (κ1) is 23.7. The van der Waals surface area contributed by atoms with E-state index < -0.39 is 8.07 Å². The Balaban J connectivity index is 1.92. The lowest BCUT2D eigenvalue weighted by molar-refractivity contribution is -0.138. The Morgan fingerprint density at radius 3 is 1.53 bits per heavy atom. The SMILES string of the molecule is C=C(C(=O)OCCCCCCCC)[Si](c1ccccc1)(c1ccccc1)c1ccccc1. The standard InChI is InChI=1S/C29H34O2Si/c1-3-4-5-6-7-17-24-31-29(30)25(2)32(26-18-11-8-12-19-26,27-20-13-9-14-21-27)28-22-15-10-16-23-28/h8-16,18-23H,2-7,17,24H2,1H3. The van der Waals surface area contributed by atoms with Crippen molar-refractivity contribution in [3.05, 3.63) is 103 Å². The van der Waals surface area contributed by atoms with Gasteiger partial charge in [0.05, 0.1) is 6.61 Å². The zero-order valence-electron chi connectivity index (χ0n) is 19.1. The highest BCUT2D eigenvalue weighted by molar-refractivity contribution is 7.18. The molecule has 0 atom stereocenters. The Morgan fingerprint density at radius 2 is 1.09 bits per heavy atom. The van der Waals surface area contributed by atoms with Crippen LogP contribution in [0.4, 0.5) is 0 Å². The van der Waals surface area contributed by atoms with Gasteiger partial charge in [0, 0.05) is 5.20 Å². The Kier molecular flexibility index (Phi) is 9.06. The fourth-order valence-electron chi connectivity index (χ4n) is 4.37. The lowest BCUT2D eigenvalue weighted by Crippen LogP contribution is -2.69. The Bertz CT molecular complexity index is 871. The summed E-state index contributed by atoms with van der Waals surface area (Å²) in [4.78, 5) is 13.4. The van der Waals surface area contributed by atoms with Crippen LogP contribution in [0.15, 0.2) is 103 Å². The average molecular weight is 443 g/mol. The van der Waals surface area contributed by atoms with Crippen molar-refractivity contribution < 1.29 is 9.53 Å². The van der Waals surface area contributed by atoms with Crippen molar-refractivity contribution in [2.45, 2.75) is 45.4 Å². The maximum atomic E-state index is 13.4. The maximum Gasteiger partial charge on any atom is 0.330 e. The molecule has 3 aromatic rings. The summed E-state index contributed by atoms with van der Waals surface area (Å²) in [5.74, 6) is -0.276. The molecule has 0 radical (unpaired) electrons. The third kappa shape index (κ3) is 5.46. The van der Waals surface area contributed by atoms with Crippen LogP contribution in [0.1, 0.15) is 45.4 Å². The Morgan fingerprint density at radius 1 is 0.688 bits per heavy atom. The molecular weight excluding hydrogens is 408 g/mol. The molecule has 0 N–H and O–H groups in total. The first-order chi connectivity index (χ1) is 15.7. The van der Waals surface area contributed by atoms with Crippen LogP contribution in [0.2, 0.25) is 0 Å². The summed E-state index contributed by atoms with van der Waals surface area (Å²) in [6, 6.07) is 31.0. The van der Waals surface area contributed by atoms with Gasteiger partial charge in [0.1, 0.15) is 0 Å². The molecule has 166 valence electrons. The van der Waals surface area contributed by atoms with E-state index in [1.165, 1.54) is 25.7 Å². The number of benzene rings is 3. The van der Waals surface area contributed by atoms with Crippen molar-refractivity contribution in [3.63, 3.8) is 0 Å². The predicted molar refractivity (Wildman–Crippen MR) is 137 cm³/mol. The quantitative estimate of drug-likeness (QED) is 0.127. The zero-order valence-corrected chi connectivity index (χ0v) is 20.1. The summed E-state index contributed by atoms with van der Waals surface area (Å²) in [6.45, 7) is 7.05. The van der Waals surface area contributed by atoms with Gasteiger partial charge in [-0.05, 0) is 22.0 Å². The van der Waals surface area contributed by atoms with Crippen LogP contribution in [0, 0.1) is 0 Å². The van der Waals surface area contributed by atoms with Crippen LogP contribution < -0.4 is 15.6 Å². The van der Waals surface area contributed by atoms with Crippen LogP contribution >= 0.6 is 0 Å². The largest absolute Gasteiger partial charge is 0.463 e. The van der Waals surface area contributed by atoms with Gasteiger partial charge in [-0.15, -0.1) is 0 Å². The number of carbonyl (C=O) groups is 1. The summed E-state index contributed by atoms with van der Waals surface area (Å²) in [5.41, 5.74) is 0. The number of unbranched alkanes of at least 4 members (excludes halogenated alkanes) is 5. The molecule has 0 aromatic heterocycles. The molecule has 0 aliphatic heterocycles. The zero-order chi connectivity index (χ0) is 22.7. The van der Waals surface area contributed by atoms with Crippen molar-refractivity contribution in [1.29, 1.82) is 0 Å². The second-order valence-corrected chi connectivity index (χ2v) is 12.1. The van der Waals surface area contributed by atoms with Crippen molar-refractivity contribution in [2.75, 3.05) is 6.61 Å². The monoisotopic (exact) mass is 442 g/mol. The van der Waals surface area contributed by atoms with Crippen molar-refractivity contribution >= 4 is 29.6 Å². The minimum atomic E-state index is -2.85. The average Bonchev–Trinajstić information content (AvgIpc) is 2.86. The number of carbonyl (C=O) groups excluding carboxylic acids is 1. The minimum Gasteiger partial charge on any atom is -0.463 e. The van der Waals surface area contributed by atoms with E-state index in [1.54, 1.807) is 0 Å². The van der Waals surface area contributed by atoms with E-state index in [4.69, 9.17) is 4.74 Å². The molecule has 0 heterocycles. The van der Waals surface area contributed by atoms with E-state index in [2.05, 4.69) is 49.9 Å². The Labute approximate surface area is 194 Å². The molecule has 3 rings (SSSR count). The molecular formula is C29H34O2Si. The lowest BCUT2D eigenvalue weighted by Gasteiger charge is -2.34. The molecule has 0 spiro atoms. The Hall–Kier alpha value is -2.91. The minimum absolute atomic E-state index is 0.276. The van der Waals surface area contributed by atoms with E-state index in [0.717, 1.165) is 28.4 Å². The van der Waals surface area contributed by atoms with Gasteiger partial charge in [0.2, 0.25) is 0 Å². The van der Waals surface area contributed by atoms with Crippen LogP contribution in [-0.2, 0) is 9.53 Å². The number of ether oxygens (including phenoxy) is 1. The number of hydrogen-bond acceptors (Lipinski definition) is 2. The van der Waals surface area contributed by atoms with Crippen LogP contribution in [0.5, 0.6) is 0 Å². The molecule has 0 aliphatic rings. The van der Waals surface area contributed by atoms with Crippen LogP contribution in [0.25, 0.3) is 0 Å². The van der Waals surface area contributed by atoms with Gasteiger partial charge < -0.3 is 4.74 Å². The van der Waals surface area contributed by atoms with Gasteiger partial charge in [-0.1, -0.05) is 137 Å². The summed E-state index contributed by atoms with van der Waals surface area (Å²) < 4.78 is 5.78. The molecule has 0 amide bonds. The summed E-state index contributed by atoms with van der Waals surface area (Å²) in [5, 5.41) is 3.99. The molecule has 2 nitrogen and oxygen atoms in total. The predicted octanol–water partition coefficient (Wildman–Crippen LogP) is 5.16. The van der Waals surface area contributed by atoms with Crippen LogP contribution in [-0.4, -0.2) is 20.7 Å². The van der Waals surface area contributed by atoms with Crippen molar-refractivity contribution in [3.8, 4) is 0 Å². The first-order valence-corrected chi connectivity index (χ1v) is 13.7.